The highest BCUT2D eigenvalue weighted by Gasteiger charge is 2.23. The van der Waals surface area contributed by atoms with Gasteiger partial charge in [0, 0.05) is 4.88 Å². The molecule has 1 saturated carbocycles. The van der Waals surface area contributed by atoms with Crippen molar-refractivity contribution in [2.24, 2.45) is 5.92 Å². The fourth-order valence-electron chi connectivity index (χ4n) is 2.09. The van der Waals surface area contributed by atoms with Gasteiger partial charge in [-0.25, -0.2) is 0 Å². The predicted molar refractivity (Wildman–Crippen MR) is 73.3 cm³/mol. The van der Waals surface area contributed by atoms with Crippen LogP contribution in [0.2, 0.25) is 0 Å². The van der Waals surface area contributed by atoms with Gasteiger partial charge in [-0.1, -0.05) is 36.4 Å². The maximum Gasteiger partial charge on any atom is 0.0671 e. The van der Waals surface area contributed by atoms with Gasteiger partial charge in [-0.05, 0) is 42.3 Å². The van der Waals surface area contributed by atoms with Gasteiger partial charge in [0.1, 0.15) is 0 Å². The topological polar surface area (TPSA) is 12.0 Å². The van der Waals surface area contributed by atoms with Crippen molar-refractivity contribution >= 4 is 11.3 Å². The Morgan fingerprint density at radius 3 is 2.59 bits per heavy atom. The zero-order chi connectivity index (χ0) is 11.5. The number of benzene rings is 1. The van der Waals surface area contributed by atoms with Gasteiger partial charge in [-0.2, -0.15) is 0 Å². The first-order valence-electron chi connectivity index (χ1n) is 6.25. The molecule has 1 aliphatic carbocycles. The number of hydrogen-bond acceptors (Lipinski definition) is 2. The minimum atomic E-state index is 0.372. The third-order valence-electron chi connectivity index (χ3n) is 3.27. The lowest BCUT2D eigenvalue weighted by atomic mass is 10.1. The van der Waals surface area contributed by atoms with E-state index in [0.717, 1.165) is 12.5 Å². The molecule has 17 heavy (non-hydrogen) atoms. The van der Waals surface area contributed by atoms with Crippen LogP contribution in [0.15, 0.2) is 47.8 Å². The third-order valence-corrected chi connectivity index (χ3v) is 4.21. The number of thiophene rings is 1. The van der Waals surface area contributed by atoms with Gasteiger partial charge in [0.25, 0.3) is 0 Å². The smallest absolute Gasteiger partial charge is 0.0671 e. The standard InChI is InChI=1S/C15H17NS/c1-2-5-13(6-3-1)15(14-7-4-10-17-14)16-11-12-8-9-12/h1-7,10,12,15-16H,8-9,11H2. The first-order valence-corrected chi connectivity index (χ1v) is 7.13. The van der Waals surface area contributed by atoms with Crippen LogP contribution in [-0.2, 0) is 0 Å². The van der Waals surface area contributed by atoms with E-state index in [1.165, 1.54) is 23.3 Å². The monoisotopic (exact) mass is 243 g/mol. The summed E-state index contributed by atoms with van der Waals surface area (Å²) in [5, 5.41) is 5.87. The maximum absolute atomic E-state index is 3.71. The quantitative estimate of drug-likeness (QED) is 0.841. The van der Waals surface area contributed by atoms with Crippen molar-refractivity contribution in [3.8, 4) is 0 Å². The summed E-state index contributed by atoms with van der Waals surface area (Å²) in [5.74, 6) is 0.918. The van der Waals surface area contributed by atoms with E-state index < -0.39 is 0 Å². The zero-order valence-corrected chi connectivity index (χ0v) is 10.6. The van der Waals surface area contributed by atoms with Crippen LogP contribution < -0.4 is 5.32 Å². The van der Waals surface area contributed by atoms with Crippen LogP contribution in [0.4, 0.5) is 0 Å². The molecular weight excluding hydrogens is 226 g/mol. The van der Waals surface area contributed by atoms with E-state index in [9.17, 15) is 0 Å². The Balaban J connectivity index is 1.80. The van der Waals surface area contributed by atoms with Crippen LogP contribution >= 0.6 is 11.3 Å². The first kappa shape index (κ1) is 11.0. The summed E-state index contributed by atoms with van der Waals surface area (Å²) in [5.41, 5.74) is 1.37. The van der Waals surface area contributed by atoms with Crippen molar-refractivity contribution in [1.82, 2.24) is 5.32 Å². The summed E-state index contributed by atoms with van der Waals surface area (Å²) in [6.07, 6.45) is 2.80. The molecule has 3 rings (SSSR count). The van der Waals surface area contributed by atoms with Gasteiger partial charge >= 0.3 is 0 Å². The Bertz CT molecular complexity index is 445. The Hall–Kier alpha value is -1.12. The Labute approximate surface area is 106 Å². The van der Waals surface area contributed by atoms with E-state index in [1.54, 1.807) is 0 Å². The molecule has 1 aromatic carbocycles. The Morgan fingerprint density at radius 2 is 1.94 bits per heavy atom. The molecule has 1 fully saturated rings. The molecule has 2 heteroatoms. The summed E-state index contributed by atoms with van der Waals surface area (Å²) in [4.78, 5) is 1.41. The fraction of sp³-hybridized carbons (Fsp3) is 0.333. The highest BCUT2D eigenvalue weighted by molar-refractivity contribution is 7.10. The van der Waals surface area contributed by atoms with Gasteiger partial charge in [0.2, 0.25) is 0 Å². The maximum atomic E-state index is 3.71. The first-order chi connectivity index (χ1) is 8.43. The molecule has 0 bridgehead atoms. The highest BCUT2D eigenvalue weighted by Crippen LogP contribution is 2.31. The van der Waals surface area contributed by atoms with E-state index >= 15 is 0 Å². The molecule has 0 amide bonds. The van der Waals surface area contributed by atoms with Crippen molar-refractivity contribution in [2.75, 3.05) is 6.54 Å². The summed E-state index contributed by atoms with van der Waals surface area (Å²) < 4.78 is 0. The normalized spacial score (nSPS) is 16.9. The summed E-state index contributed by atoms with van der Waals surface area (Å²) in [6.45, 7) is 1.15. The van der Waals surface area contributed by atoms with E-state index in [0.29, 0.717) is 6.04 Å². The van der Waals surface area contributed by atoms with Crippen LogP contribution in [-0.4, -0.2) is 6.54 Å². The predicted octanol–water partition coefficient (Wildman–Crippen LogP) is 3.84. The van der Waals surface area contributed by atoms with Gasteiger partial charge in [-0.3, -0.25) is 0 Å². The van der Waals surface area contributed by atoms with Crippen molar-refractivity contribution in [3.63, 3.8) is 0 Å². The Kier molecular flexibility index (Phi) is 3.25. The van der Waals surface area contributed by atoms with Crippen molar-refractivity contribution in [3.05, 3.63) is 58.3 Å². The molecule has 0 saturated heterocycles. The second-order valence-corrected chi connectivity index (χ2v) is 5.69. The molecule has 0 radical (unpaired) electrons. The van der Waals surface area contributed by atoms with Gasteiger partial charge in [0.05, 0.1) is 6.04 Å². The lowest BCUT2D eigenvalue weighted by molar-refractivity contribution is 0.579. The highest BCUT2D eigenvalue weighted by atomic mass is 32.1. The largest absolute Gasteiger partial charge is 0.305 e. The van der Waals surface area contributed by atoms with Crippen molar-refractivity contribution in [2.45, 2.75) is 18.9 Å². The fourth-order valence-corrected chi connectivity index (χ4v) is 2.92. The minimum Gasteiger partial charge on any atom is -0.305 e. The molecular formula is C15H17NS. The molecule has 2 aromatic rings. The van der Waals surface area contributed by atoms with E-state index in [-0.39, 0.29) is 0 Å². The lowest BCUT2D eigenvalue weighted by Gasteiger charge is -2.17. The van der Waals surface area contributed by atoms with Crippen LogP contribution in [0.1, 0.15) is 29.3 Å². The molecule has 1 N–H and O–H groups in total. The molecule has 1 heterocycles. The SMILES string of the molecule is c1ccc(C(NCC2CC2)c2cccs2)cc1. The van der Waals surface area contributed by atoms with Crippen LogP contribution in [0.3, 0.4) is 0 Å². The van der Waals surface area contributed by atoms with Crippen LogP contribution in [0.5, 0.6) is 0 Å². The number of hydrogen-bond donors (Lipinski definition) is 1. The molecule has 1 atom stereocenters. The van der Waals surface area contributed by atoms with Crippen LogP contribution in [0, 0.1) is 5.92 Å². The van der Waals surface area contributed by atoms with E-state index in [2.05, 4.69) is 53.2 Å². The second-order valence-electron chi connectivity index (χ2n) is 4.71. The molecule has 1 unspecified atom stereocenters. The minimum absolute atomic E-state index is 0.372. The summed E-state index contributed by atoms with van der Waals surface area (Å²) >= 11 is 1.84. The van der Waals surface area contributed by atoms with Gasteiger partial charge in [-0.15, -0.1) is 11.3 Å². The van der Waals surface area contributed by atoms with E-state index in [1.807, 2.05) is 11.3 Å². The average Bonchev–Trinajstić information content (AvgIpc) is 3.04. The van der Waals surface area contributed by atoms with Crippen molar-refractivity contribution < 1.29 is 0 Å². The number of nitrogens with one attached hydrogen (secondary N) is 1. The van der Waals surface area contributed by atoms with Gasteiger partial charge < -0.3 is 5.32 Å². The summed E-state index contributed by atoms with van der Waals surface area (Å²) in [6, 6.07) is 15.5. The van der Waals surface area contributed by atoms with Crippen LogP contribution in [0.25, 0.3) is 0 Å². The molecule has 88 valence electrons. The third kappa shape index (κ3) is 2.76. The zero-order valence-electron chi connectivity index (χ0n) is 9.80. The summed E-state index contributed by atoms with van der Waals surface area (Å²) in [7, 11) is 0. The average molecular weight is 243 g/mol. The second kappa shape index (κ2) is 5.03. The Morgan fingerprint density at radius 1 is 1.12 bits per heavy atom. The molecule has 1 nitrogen and oxygen atoms in total. The molecule has 0 aliphatic heterocycles. The van der Waals surface area contributed by atoms with Gasteiger partial charge in [0.15, 0.2) is 0 Å². The molecule has 1 aliphatic rings. The van der Waals surface area contributed by atoms with Crippen molar-refractivity contribution in [1.29, 1.82) is 0 Å². The molecule has 1 aromatic heterocycles. The number of rotatable bonds is 5. The lowest BCUT2D eigenvalue weighted by Crippen LogP contribution is -2.23. The van der Waals surface area contributed by atoms with E-state index in [4.69, 9.17) is 0 Å². The molecule has 0 spiro atoms.